The Labute approximate surface area is 97.6 Å². The van der Waals surface area contributed by atoms with Gasteiger partial charge >= 0.3 is 0 Å². The average molecular weight is 229 g/mol. The maximum Gasteiger partial charge on any atom is 0.251 e. The van der Waals surface area contributed by atoms with Gasteiger partial charge in [0, 0.05) is 19.7 Å². The van der Waals surface area contributed by atoms with Crippen LogP contribution in [0.2, 0.25) is 0 Å². The van der Waals surface area contributed by atoms with Crippen LogP contribution in [0.25, 0.3) is 0 Å². The molecule has 0 aliphatic carbocycles. The van der Waals surface area contributed by atoms with Crippen molar-refractivity contribution in [2.45, 2.75) is 45.1 Å². The summed E-state index contributed by atoms with van der Waals surface area (Å²) in [5, 5.41) is 8.95. The molecule has 0 saturated carbocycles. The molecule has 0 bridgehead atoms. The van der Waals surface area contributed by atoms with Crippen LogP contribution >= 0.6 is 0 Å². The predicted octanol–water partition coefficient (Wildman–Crippen LogP) is 1.18. The summed E-state index contributed by atoms with van der Waals surface area (Å²) in [4.78, 5) is 13.8. The van der Waals surface area contributed by atoms with Gasteiger partial charge in [0.25, 0.3) is 5.91 Å². The molecular formula is C12H23NO3. The highest BCUT2D eigenvalue weighted by Gasteiger charge is 2.26. The third-order valence-corrected chi connectivity index (χ3v) is 2.92. The molecule has 1 rings (SSSR count). The molecule has 0 aromatic carbocycles. The minimum absolute atomic E-state index is 0.0299. The van der Waals surface area contributed by atoms with Crippen molar-refractivity contribution in [3.05, 3.63) is 0 Å². The van der Waals surface area contributed by atoms with E-state index in [1.807, 2.05) is 0 Å². The van der Waals surface area contributed by atoms with E-state index < -0.39 is 0 Å². The summed E-state index contributed by atoms with van der Waals surface area (Å²) >= 11 is 0. The Bertz CT molecular complexity index is 202. The molecule has 4 nitrogen and oxygen atoms in total. The van der Waals surface area contributed by atoms with Gasteiger partial charge in [-0.15, -0.1) is 0 Å². The number of aliphatic hydroxyl groups excluding tert-OH is 1. The number of rotatable bonds is 6. The number of carbonyl (C=O) groups is 1. The van der Waals surface area contributed by atoms with Gasteiger partial charge in [-0.05, 0) is 25.7 Å². The van der Waals surface area contributed by atoms with Crippen molar-refractivity contribution < 1.29 is 14.6 Å². The van der Waals surface area contributed by atoms with Crippen molar-refractivity contribution in [2.24, 2.45) is 0 Å². The number of carbonyl (C=O) groups excluding carboxylic acids is 1. The maximum atomic E-state index is 12.1. The van der Waals surface area contributed by atoms with Crippen molar-refractivity contribution >= 4 is 5.91 Å². The predicted molar refractivity (Wildman–Crippen MR) is 62.2 cm³/mol. The van der Waals surface area contributed by atoms with Crippen LogP contribution in [-0.4, -0.2) is 48.3 Å². The average Bonchev–Trinajstić information content (AvgIpc) is 2.35. The molecule has 0 aromatic heterocycles. The van der Waals surface area contributed by atoms with E-state index in [0.29, 0.717) is 13.2 Å². The first kappa shape index (κ1) is 13.5. The Morgan fingerprint density at radius 1 is 1.44 bits per heavy atom. The summed E-state index contributed by atoms with van der Waals surface area (Å²) in [5.74, 6) is 0.0576. The molecule has 1 N–H and O–H groups in total. The van der Waals surface area contributed by atoms with Crippen LogP contribution in [0.5, 0.6) is 0 Å². The Kier molecular flexibility index (Phi) is 6.42. The summed E-state index contributed by atoms with van der Waals surface area (Å²) in [6.45, 7) is 3.98. The molecule has 1 aliphatic rings. The zero-order valence-corrected chi connectivity index (χ0v) is 10.2. The van der Waals surface area contributed by atoms with E-state index in [2.05, 4.69) is 6.92 Å². The number of hydrogen-bond acceptors (Lipinski definition) is 3. The lowest BCUT2D eigenvalue weighted by molar-refractivity contribution is -0.147. The first-order valence-corrected chi connectivity index (χ1v) is 6.30. The summed E-state index contributed by atoms with van der Waals surface area (Å²) in [6.07, 6.45) is 4.72. The van der Waals surface area contributed by atoms with E-state index in [-0.39, 0.29) is 18.6 Å². The molecule has 1 amide bonds. The number of aliphatic hydroxyl groups is 1. The SMILES string of the molecule is CCCCN(CCO)C(=O)C1CCCCO1. The highest BCUT2D eigenvalue weighted by Crippen LogP contribution is 2.15. The van der Waals surface area contributed by atoms with Gasteiger partial charge in [-0.3, -0.25) is 4.79 Å². The van der Waals surface area contributed by atoms with Crippen LogP contribution in [0.3, 0.4) is 0 Å². The Balaban J connectivity index is 2.44. The minimum atomic E-state index is -0.267. The smallest absolute Gasteiger partial charge is 0.251 e. The third kappa shape index (κ3) is 4.10. The lowest BCUT2D eigenvalue weighted by Crippen LogP contribution is -2.43. The largest absolute Gasteiger partial charge is 0.395 e. The minimum Gasteiger partial charge on any atom is -0.395 e. The number of ether oxygens (including phenoxy) is 1. The second-order valence-electron chi connectivity index (χ2n) is 4.26. The number of nitrogens with zero attached hydrogens (tertiary/aromatic N) is 1. The highest BCUT2D eigenvalue weighted by atomic mass is 16.5. The van der Waals surface area contributed by atoms with Gasteiger partial charge in [0.15, 0.2) is 0 Å². The molecule has 0 spiro atoms. The van der Waals surface area contributed by atoms with Crippen molar-refractivity contribution in [3.63, 3.8) is 0 Å². The zero-order chi connectivity index (χ0) is 11.8. The summed E-state index contributed by atoms with van der Waals surface area (Å²) in [7, 11) is 0. The topological polar surface area (TPSA) is 49.8 Å². The van der Waals surface area contributed by atoms with Gasteiger partial charge in [-0.1, -0.05) is 13.3 Å². The van der Waals surface area contributed by atoms with E-state index in [9.17, 15) is 4.79 Å². The fourth-order valence-electron chi connectivity index (χ4n) is 1.94. The number of amides is 1. The van der Waals surface area contributed by atoms with Gasteiger partial charge in [0.05, 0.1) is 6.61 Å². The first-order chi connectivity index (χ1) is 7.79. The normalized spacial score (nSPS) is 20.8. The van der Waals surface area contributed by atoms with Gasteiger partial charge in [0.2, 0.25) is 0 Å². The summed E-state index contributed by atoms with van der Waals surface area (Å²) in [6, 6.07) is 0. The van der Waals surface area contributed by atoms with Gasteiger partial charge in [-0.2, -0.15) is 0 Å². The van der Waals surface area contributed by atoms with Crippen LogP contribution in [0.1, 0.15) is 39.0 Å². The second-order valence-corrected chi connectivity index (χ2v) is 4.26. The fraction of sp³-hybridized carbons (Fsp3) is 0.917. The molecule has 0 aromatic rings. The quantitative estimate of drug-likeness (QED) is 0.744. The molecule has 1 aliphatic heterocycles. The third-order valence-electron chi connectivity index (χ3n) is 2.92. The first-order valence-electron chi connectivity index (χ1n) is 6.30. The van der Waals surface area contributed by atoms with Crippen molar-refractivity contribution in [1.29, 1.82) is 0 Å². The van der Waals surface area contributed by atoms with Crippen LogP contribution in [-0.2, 0) is 9.53 Å². The van der Waals surface area contributed by atoms with Gasteiger partial charge in [-0.25, -0.2) is 0 Å². The lowest BCUT2D eigenvalue weighted by Gasteiger charge is -2.29. The Morgan fingerprint density at radius 3 is 2.81 bits per heavy atom. The van der Waals surface area contributed by atoms with Crippen molar-refractivity contribution in [3.8, 4) is 0 Å². The lowest BCUT2D eigenvalue weighted by atomic mass is 10.1. The molecule has 1 fully saturated rings. The van der Waals surface area contributed by atoms with Crippen molar-refractivity contribution in [2.75, 3.05) is 26.3 Å². The number of unbranched alkanes of at least 4 members (excludes halogenated alkanes) is 1. The molecule has 16 heavy (non-hydrogen) atoms. The maximum absolute atomic E-state index is 12.1. The highest BCUT2D eigenvalue weighted by molar-refractivity contribution is 5.81. The van der Waals surface area contributed by atoms with Gasteiger partial charge in [0.1, 0.15) is 6.10 Å². The van der Waals surface area contributed by atoms with Gasteiger partial charge < -0.3 is 14.7 Å². The van der Waals surface area contributed by atoms with Crippen LogP contribution in [0.15, 0.2) is 0 Å². The molecule has 4 heteroatoms. The van der Waals surface area contributed by atoms with Crippen LogP contribution < -0.4 is 0 Å². The number of hydrogen-bond donors (Lipinski definition) is 1. The van der Waals surface area contributed by atoms with E-state index in [4.69, 9.17) is 9.84 Å². The molecule has 1 unspecified atom stereocenters. The standard InChI is InChI=1S/C12H23NO3/c1-2-3-7-13(8-9-14)12(15)11-6-4-5-10-16-11/h11,14H,2-10H2,1H3. The Hall–Kier alpha value is -0.610. The molecular weight excluding hydrogens is 206 g/mol. The van der Waals surface area contributed by atoms with E-state index in [1.54, 1.807) is 4.90 Å². The van der Waals surface area contributed by atoms with Crippen LogP contribution in [0.4, 0.5) is 0 Å². The molecule has 0 radical (unpaired) electrons. The van der Waals surface area contributed by atoms with E-state index >= 15 is 0 Å². The zero-order valence-electron chi connectivity index (χ0n) is 10.2. The van der Waals surface area contributed by atoms with E-state index in [0.717, 1.165) is 38.6 Å². The second kappa shape index (κ2) is 7.63. The summed E-state index contributed by atoms with van der Waals surface area (Å²) in [5.41, 5.74) is 0. The molecule has 94 valence electrons. The van der Waals surface area contributed by atoms with Crippen molar-refractivity contribution in [1.82, 2.24) is 4.90 Å². The van der Waals surface area contributed by atoms with E-state index in [1.165, 1.54) is 0 Å². The Morgan fingerprint density at radius 2 is 2.25 bits per heavy atom. The molecule has 1 heterocycles. The fourth-order valence-corrected chi connectivity index (χ4v) is 1.94. The molecule has 1 atom stereocenters. The van der Waals surface area contributed by atoms with Crippen LogP contribution in [0, 0.1) is 0 Å². The monoisotopic (exact) mass is 229 g/mol. The molecule has 1 saturated heterocycles. The summed E-state index contributed by atoms with van der Waals surface area (Å²) < 4.78 is 5.47.